The van der Waals surface area contributed by atoms with Gasteiger partial charge >= 0.3 is 0 Å². The third-order valence-corrected chi connectivity index (χ3v) is 5.25. The number of rotatable bonds is 5. The molecule has 1 atom stereocenters. The molecule has 1 aromatic carbocycles. The fraction of sp³-hybridized carbons (Fsp3) is 0.667. The molecule has 3 nitrogen and oxygen atoms in total. The van der Waals surface area contributed by atoms with Crippen LogP contribution in [0.1, 0.15) is 55.7 Å². The van der Waals surface area contributed by atoms with Crippen molar-refractivity contribution in [1.29, 1.82) is 0 Å². The summed E-state index contributed by atoms with van der Waals surface area (Å²) in [6, 6.07) is 7.07. The molecule has 2 N–H and O–H groups in total. The maximum Gasteiger partial charge on any atom is 0.115 e. The van der Waals surface area contributed by atoms with E-state index in [1.165, 1.54) is 49.7 Å². The van der Waals surface area contributed by atoms with Gasteiger partial charge in [-0.1, -0.05) is 18.9 Å². The van der Waals surface area contributed by atoms with Crippen molar-refractivity contribution >= 4 is 0 Å². The first-order valence-corrected chi connectivity index (χ1v) is 8.49. The van der Waals surface area contributed by atoms with Crippen LogP contribution in [0.3, 0.4) is 0 Å². The molecule has 3 heteroatoms. The first-order valence-electron chi connectivity index (χ1n) is 8.49. The van der Waals surface area contributed by atoms with Gasteiger partial charge < -0.3 is 15.3 Å². The van der Waals surface area contributed by atoms with Gasteiger partial charge in [0.1, 0.15) is 5.75 Å². The molecular formula is C18H28N2O. The number of likely N-dealkylation sites (N-methyl/N-ethyl adjacent to an activating group) is 1. The van der Waals surface area contributed by atoms with Crippen LogP contribution in [0.2, 0.25) is 0 Å². The highest BCUT2D eigenvalue weighted by molar-refractivity contribution is 5.38. The van der Waals surface area contributed by atoms with Crippen LogP contribution in [-0.2, 0) is 6.42 Å². The van der Waals surface area contributed by atoms with E-state index in [2.05, 4.69) is 23.3 Å². The molecule has 0 saturated heterocycles. The zero-order valence-corrected chi connectivity index (χ0v) is 13.1. The fourth-order valence-corrected chi connectivity index (χ4v) is 3.94. The predicted octanol–water partition coefficient (Wildman–Crippen LogP) is 3.23. The van der Waals surface area contributed by atoms with Crippen molar-refractivity contribution in [2.75, 3.05) is 20.1 Å². The zero-order chi connectivity index (χ0) is 14.7. The topological polar surface area (TPSA) is 35.5 Å². The quantitative estimate of drug-likeness (QED) is 0.873. The minimum Gasteiger partial charge on any atom is -0.508 e. The largest absolute Gasteiger partial charge is 0.508 e. The number of aromatic hydroxyl groups is 1. The van der Waals surface area contributed by atoms with Crippen molar-refractivity contribution in [3.63, 3.8) is 0 Å². The average Bonchev–Trinajstić information content (AvgIpc) is 3.02. The van der Waals surface area contributed by atoms with Crippen molar-refractivity contribution in [3.05, 3.63) is 29.3 Å². The van der Waals surface area contributed by atoms with Crippen LogP contribution >= 0.6 is 0 Å². The van der Waals surface area contributed by atoms with Crippen LogP contribution in [0, 0.1) is 0 Å². The number of nitrogens with zero attached hydrogens (tertiary/aromatic N) is 1. The van der Waals surface area contributed by atoms with Crippen molar-refractivity contribution in [1.82, 2.24) is 10.2 Å². The second kappa shape index (κ2) is 6.80. The molecule has 0 aromatic heterocycles. The molecule has 3 rings (SSSR count). The Morgan fingerprint density at radius 3 is 2.81 bits per heavy atom. The van der Waals surface area contributed by atoms with Crippen molar-refractivity contribution in [2.24, 2.45) is 0 Å². The Labute approximate surface area is 128 Å². The molecule has 0 aliphatic heterocycles. The van der Waals surface area contributed by atoms with Crippen molar-refractivity contribution in [2.45, 2.75) is 57.0 Å². The third-order valence-electron chi connectivity index (χ3n) is 5.25. The molecule has 0 amide bonds. The van der Waals surface area contributed by atoms with Gasteiger partial charge in [0.15, 0.2) is 0 Å². The summed E-state index contributed by atoms with van der Waals surface area (Å²) >= 11 is 0. The number of hydrogen-bond donors (Lipinski definition) is 2. The van der Waals surface area contributed by atoms with Gasteiger partial charge in [-0.25, -0.2) is 0 Å². The van der Waals surface area contributed by atoms with E-state index in [0.717, 1.165) is 25.6 Å². The number of nitrogens with one attached hydrogen (secondary N) is 1. The summed E-state index contributed by atoms with van der Waals surface area (Å²) in [5, 5.41) is 13.4. The van der Waals surface area contributed by atoms with Crippen LogP contribution in [-0.4, -0.2) is 36.2 Å². The summed E-state index contributed by atoms with van der Waals surface area (Å²) < 4.78 is 0. The van der Waals surface area contributed by atoms with Gasteiger partial charge in [0.05, 0.1) is 0 Å². The molecule has 116 valence electrons. The second-order valence-corrected chi connectivity index (χ2v) is 6.70. The first-order chi connectivity index (χ1) is 10.2. The summed E-state index contributed by atoms with van der Waals surface area (Å²) in [5.74, 6) is 0.394. The Bertz CT molecular complexity index is 468. The van der Waals surface area contributed by atoms with Crippen molar-refractivity contribution < 1.29 is 5.11 Å². The maximum atomic E-state index is 9.73. The van der Waals surface area contributed by atoms with E-state index >= 15 is 0 Å². The number of fused-ring (bicyclic) bond motifs is 1. The van der Waals surface area contributed by atoms with Gasteiger partial charge in [-0.05, 0) is 62.4 Å². The van der Waals surface area contributed by atoms with Gasteiger partial charge in [-0.15, -0.1) is 0 Å². The minimum absolute atomic E-state index is 0.394. The maximum absolute atomic E-state index is 9.73. The van der Waals surface area contributed by atoms with Crippen molar-refractivity contribution in [3.8, 4) is 5.75 Å². The van der Waals surface area contributed by atoms with E-state index < -0.39 is 0 Å². The number of benzene rings is 1. The van der Waals surface area contributed by atoms with Crippen LogP contribution in [0.25, 0.3) is 0 Å². The number of phenols is 1. The van der Waals surface area contributed by atoms with E-state index in [-0.39, 0.29) is 0 Å². The lowest BCUT2D eigenvalue weighted by Gasteiger charge is -2.29. The Balaban J connectivity index is 1.53. The predicted molar refractivity (Wildman–Crippen MR) is 86.7 cm³/mol. The third kappa shape index (κ3) is 3.58. The number of hydrogen-bond acceptors (Lipinski definition) is 3. The lowest BCUT2D eigenvalue weighted by Crippen LogP contribution is -2.37. The summed E-state index contributed by atoms with van der Waals surface area (Å²) in [7, 11) is 2.26. The Morgan fingerprint density at radius 1 is 1.19 bits per heavy atom. The monoisotopic (exact) mass is 288 g/mol. The van der Waals surface area contributed by atoms with E-state index in [1.807, 2.05) is 12.1 Å². The van der Waals surface area contributed by atoms with E-state index in [0.29, 0.717) is 11.8 Å². The Kier molecular flexibility index (Phi) is 4.81. The minimum atomic E-state index is 0.394. The smallest absolute Gasteiger partial charge is 0.115 e. The highest BCUT2D eigenvalue weighted by Crippen LogP contribution is 2.32. The molecule has 1 unspecified atom stereocenters. The molecule has 0 bridgehead atoms. The summed E-state index contributed by atoms with van der Waals surface area (Å²) in [5.41, 5.74) is 2.71. The summed E-state index contributed by atoms with van der Waals surface area (Å²) in [4.78, 5) is 2.52. The molecule has 21 heavy (non-hydrogen) atoms. The van der Waals surface area contributed by atoms with E-state index in [9.17, 15) is 5.11 Å². The van der Waals surface area contributed by atoms with Gasteiger partial charge in [0, 0.05) is 25.2 Å². The standard InChI is InChI=1S/C18H28N2O/c1-20(15-6-2-3-7-15)12-11-19-18-8-4-5-14-9-10-16(21)13-17(14)18/h9-10,13,15,18-19,21H,2-8,11-12H2,1H3. The molecule has 0 radical (unpaired) electrons. The molecule has 1 aromatic rings. The Hall–Kier alpha value is -1.06. The van der Waals surface area contributed by atoms with E-state index in [4.69, 9.17) is 0 Å². The van der Waals surface area contributed by atoms with E-state index in [1.54, 1.807) is 0 Å². The molecule has 1 saturated carbocycles. The summed E-state index contributed by atoms with van der Waals surface area (Å²) in [6.07, 6.45) is 9.12. The lowest BCUT2D eigenvalue weighted by molar-refractivity contribution is 0.240. The molecule has 0 heterocycles. The average molecular weight is 288 g/mol. The van der Waals surface area contributed by atoms with Gasteiger partial charge in [-0.2, -0.15) is 0 Å². The van der Waals surface area contributed by atoms with Gasteiger partial charge in [0.25, 0.3) is 0 Å². The zero-order valence-electron chi connectivity index (χ0n) is 13.1. The summed E-state index contributed by atoms with van der Waals surface area (Å²) in [6.45, 7) is 2.15. The molecule has 2 aliphatic rings. The lowest BCUT2D eigenvalue weighted by atomic mass is 9.87. The van der Waals surface area contributed by atoms with Gasteiger partial charge in [0.2, 0.25) is 0 Å². The van der Waals surface area contributed by atoms with Crippen LogP contribution < -0.4 is 5.32 Å². The normalized spacial score (nSPS) is 22.7. The van der Waals surface area contributed by atoms with Crippen LogP contribution in [0.4, 0.5) is 0 Å². The highest BCUT2D eigenvalue weighted by Gasteiger charge is 2.22. The fourth-order valence-electron chi connectivity index (χ4n) is 3.94. The number of aryl methyl sites for hydroxylation is 1. The Morgan fingerprint density at radius 2 is 2.00 bits per heavy atom. The van der Waals surface area contributed by atoms with Crippen LogP contribution in [0.5, 0.6) is 5.75 Å². The molecule has 1 fully saturated rings. The van der Waals surface area contributed by atoms with Gasteiger partial charge in [-0.3, -0.25) is 0 Å². The highest BCUT2D eigenvalue weighted by atomic mass is 16.3. The molecule has 0 spiro atoms. The second-order valence-electron chi connectivity index (χ2n) is 6.70. The van der Waals surface area contributed by atoms with Crippen LogP contribution in [0.15, 0.2) is 18.2 Å². The molecule has 2 aliphatic carbocycles. The molecular weight excluding hydrogens is 260 g/mol. The first kappa shape index (κ1) is 14.9. The SMILES string of the molecule is CN(CCNC1CCCc2ccc(O)cc21)C1CCCC1. The number of phenolic OH excluding ortho intramolecular Hbond substituents is 1.